The highest BCUT2D eigenvalue weighted by Gasteiger charge is 2.15. The van der Waals surface area contributed by atoms with Gasteiger partial charge in [-0.05, 0) is 59.4 Å². The Morgan fingerprint density at radius 2 is 2.06 bits per heavy atom. The molecule has 1 aliphatic rings. The van der Waals surface area contributed by atoms with E-state index in [1.807, 2.05) is 18.3 Å². The lowest BCUT2D eigenvalue weighted by Crippen LogP contribution is -1.81. The fourth-order valence-electron chi connectivity index (χ4n) is 2.30. The standard InChI is InChI=1S/C15H12ClN.ClH/c16-14-5-6-15-12(3-4-13(15)9-14)8-11-2-1-7-17-10-11;/h1-2,5-10H,3-4H2;1H. The first-order valence-electron chi connectivity index (χ1n) is 5.72. The molecule has 92 valence electrons. The van der Waals surface area contributed by atoms with Crippen molar-refractivity contribution in [2.75, 3.05) is 0 Å². The molecule has 3 rings (SSSR count). The van der Waals surface area contributed by atoms with Gasteiger partial charge in [-0.25, -0.2) is 0 Å². The van der Waals surface area contributed by atoms with Crippen LogP contribution in [0.3, 0.4) is 0 Å². The highest BCUT2D eigenvalue weighted by atomic mass is 35.5. The largest absolute Gasteiger partial charge is 0.264 e. The van der Waals surface area contributed by atoms with E-state index in [-0.39, 0.29) is 12.4 Å². The lowest BCUT2D eigenvalue weighted by molar-refractivity contribution is 1.08. The molecule has 0 N–H and O–H groups in total. The fraction of sp³-hybridized carbons (Fsp3) is 0.133. The van der Waals surface area contributed by atoms with Crippen LogP contribution in [0.15, 0.2) is 42.7 Å². The number of pyridine rings is 1. The zero-order valence-electron chi connectivity index (χ0n) is 9.77. The normalized spacial score (nSPS) is 15.3. The van der Waals surface area contributed by atoms with Crippen molar-refractivity contribution in [1.82, 2.24) is 4.98 Å². The number of aryl methyl sites for hydroxylation is 1. The highest BCUT2D eigenvalue weighted by molar-refractivity contribution is 6.30. The highest BCUT2D eigenvalue weighted by Crippen LogP contribution is 2.34. The average molecular weight is 278 g/mol. The number of fused-ring (bicyclic) bond motifs is 1. The van der Waals surface area contributed by atoms with Gasteiger partial charge in [-0.2, -0.15) is 0 Å². The van der Waals surface area contributed by atoms with Crippen molar-refractivity contribution in [3.63, 3.8) is 0 Å². The third kappa shape index (κ3) is 2.58. The Morgan fingerprint density at radius 3 is 2.83 bits per heavy atom. The van der Waals surface area contributed by atoms with E-state index >= 15 is 0 Å². The van der Waals surface area contributed by atoms with Crippen LogP contribution >= 0.6 is 24.0 Å². The van der Waals surface area contributed by atoms with Crippen LogP contribution in [0.25, 0.3) is 11.6 Å². The van der Waals surface area contributed by atoms with E-state index in [2.05, 4.69) is 29.3 Å². The Balaban J connectivity index is 0.00000120. The molecule has 0 atom stereocenters. The van der Waals surface area contributed by atoms with Gasteiger partial charge in [-0.1, -0.05) is 23.7 Å². The second kappa shape index (κ2) is 5.55. The summed E-state index contributed by atoms with van der Waals surface area (Å²) in [6, 6.07) is 10.2. The monoisotopic (exact) mass is 277 g/mol. The van der Waals surface area contributed by atoms with Gasteiger partial charge in [0.2, 0.25) is 0 Å². The van der Waals surface area contributed by atoms with Gasteiger partial charge in [0.05, 0.1) is 0 Å². The smallest absolute Gasteiger partial charge is 0.0409 e. The lowest BCUT2D eigenvalue weighted by Gasteiger charge is -2.01. The lowest BCUT2D eigenvalue weighted by atomic mass is 10.1. The molecule has 3 heteroatoms. The Kier molecular flexibility index (Phi) is 4.05. The van der Waals surface area contributed by atoms with Gasteiger partial charge in [-0.3, -0.25) is 4.98 Å². The first-order chi connectivity index (χ1) is 8.33. The van der Waals surface area contributed by atoms with Gasteiger partial charge in [0.15, 0.2) is 0 Å². The molecule has 0 radical (unpaired) electrons. The van der Waals surface area contributed by atoms with Crippen molar-refractivity contribution in [2.45, 2.75) is 12.8 Å². The van der Waals surface area contributed by atoms with Gasteiger partial charge >= 0.3 is 0 Å². The van der Waals surface area contributed by atoms with Crippen LogP contribution in [0, 0.1) is 0 Å². The number of nitrogens with zero attached hydrogens (tertiary/aromatic N) is 1. The van der Waals surface area contributed by atoms with Crippen LogP contribution in [0.4, 0.5) is 0 Å². The van der Waals surface area contributed by atoms with E-state index in [9.17, 15) is 0 Å². The summed E-state index contributed by atoms with van der Waals surface area (Å²) >= 11 is 6.00. The van der Waals surface area contributed by atoms with Crippen LogP contribution in [0.2, 0.25) is 5.02 Å². The van der Waals surface area contributed by atoms with Crippen molar-refractivity contribution in [2.24, 2.45) is 0 Å². The molecular formula is C15H13Cl2N. The van der Waals surface area contributed by atoms with Crippen LogP contribution in [-0.4, -0.2) is 4.98 Å². The van der Waals surface area contributed by atoms with Gasteiger partial charge in [0, 0.05) is 17.4 Å². The maximum atomic E-state index is 6.00. The Labute approximate surface area is 118 Å². The van der Waals surface area contributed by atoms with Crippen LogP contribution in [0.5, 0.6) is 0 Å². The molecule has 0 unspecified atom stereocenters. The molecule has 1 aromatic carbocycles. The molecule has 1 aromatic heterocycles. The van der Waals surface area contributed by atoms with E-state index < -0.39 is 0 Å². The summed E-state index contributed by atoms with van der Waals surface area (Å²) in [6.07, 6.45) is 8.07. The maximum absolute atomic E-state index is 6.00. The zero-order valence-corrected chi connectivity index (χ0v) is 11.3. The first kappa shape index (κ1) is 13.1. The number of benzene rings is 1. The van der Waals surface area contributed by atoms with E-state index in [1.165, 1.54) is 16.7 Å². The summed E-state index contributed by atoms with van der Waals surface area (Å²) in [5.41, 5.74) is 5.22. The average Bonchev–Trinajstić information content (AvgIpc) is 2.73. The molecule has 1 aliphatic carbocycles. The molecule has 18 heavy (non-hydrogen) atoms. The molecule has 0 amide bonds. The molecule has 1 nitrogen and oxygen atoms in total. The van der Waals surface area contributed by atoms with Gasteiger partial charge < -0.3 is 0 Å². The molecule has 2 aromatic rings. The van der Waals surface area contributed by atoms with E-state index in [1.54, 1.807) is 6.20 Å². The molecule has 0 spiro atoms. The number of hydrogen-bond donors (Lipinski definition) is 0. The van der Waals surface area contributed by atoms with Gasteiger partial charge in [0.25, 0.3) is 0 Å². The molecule has 1 heterocycles. The second-order valence-corrected chi connectivity index (χ2v) is 4.69. The summed E-state index contributed by atoms with van der Waals surface area (Å²) < 4.78 is 0. The van der Waals surface area contributed by atoms with Crippen molar-refractivity contribution in [3.05, 3.63) is 64.4 Å². The number of allylic oxidation sites excluding steroid dienone is 1. The quantitative estimate of drug-likeness (QED) is 0.740. The van der Waals surface area contributed by atoms with Crippen LogP contribution in [0.1, 0.15) is 23.1 Å². The molecule has 0 saturated heterocycles. The summed E-state index contributed by atoms with van der Waals surface area (Å²) in [5.74, 6) is 0. The van der Waals surface area contributed by atoms with E-state index in [0.717, 1.165) is 23.4 Å². The second-order valence-electron chi connectivity index (χ2n) is 4.26. The minimum Gasteiger partial charge on any atom is -0.264 e. The van der Waals surface area contributed by atoms with Gasteiger partial charge in [0.1, 0.15) is 0 Å². The van der Waals surface area contributed by atoms with Crippen molar-refractivity contribution < 1.29 is 0 Å². The number of rotatable bonds is 1. The van der Waals surface area contributed by atoms with Crippen molar-refractivity contribution in [1.29, 1.82) is 0 Å². The molecular weight excluding hydrogens is 265 g/mol. The van der Waals surface area contributed by atoms with Crippen molar-refractivity contribution in [3.8, 4) is 0 Å². The number of aromatic nitrogens is 1. The first-order valence-corrected chi connectivity index (χ1v) is 6.10. The predicted octanol–water partition coefficient (Wildman–Crippen LogP) is 4.64. The third-order valence-electron chi connectivity index (χ3n) is 3.10. The summed E-state index contributed by atoms with van der Waals surface area (Å²) in [6.45, 7) is 0. The molecule has 0 saturated carbocycles. The minimum absolute atomic E-state index is 0. The van der Waals surface area contributed by atoms with Crippen molar-refractivity contribution >= 4 is 35.7 Å². The summed E-state index contributed by atoms with van der Waals surface area (Å²) in [5, 5.41) is 0.825. The fourth-order valence-corrected chi connectivity index (χ4v) is 2.49. The van der Waals surface area contributed by atoms with Gasteiger partial charge in [-0.15, -0.1) is 12.4 Å². The SMILES string of the molecule is Cl.Clc1ccc2c(c1)CCC2=Cc1cccnc1. The Bertz CT molecular complexity index is 576. The predicted molar refractivity (Wildman–Crippen MR) is 79.1 cm³/mol. The van der Waals surface area contributed by atoms with Crippen LogP contribution in [-0.2, 0) is 6.42 Å². The van der Waals surface area contributed by atoms with Crippen LogP contribution < -0.4 is 0 Å². The number of hydrogen-bond acceptors (Lipinski definition) is 1. The Hall–Kier alpha value is -1.31. The Morgan fingerprint density at radius 1 is 1.17 bits per heavy atom. The molecule has 0 aliphatic heterocycles. The topological polar surface area (TPSA) is 12.9 Å². The van der Waals surface area contributed by atoms with E-state index in [4.69, 9.17) is 11.6 Å². The summed E-state index contributed by atoms with van der Waals surface area (Å²) in [7, 11) is 0. The minimum atomic E-state index is 0. The zero-order chi connectivity index (χ0) is 11.7. The van der Waals surface area contributed by atoms with E-state index in [0.29, 0.717) is 0 Å². The summed E-state index contributed by atoms with van der Waals surface area (Å²) in [4.78, 5) is 4.13. The maximum Gasteiger partial charge on any atom is 0.0409 e. The third-order valence-corrected chi connectivity index (χ3v) is 3.34. The molecule has 0 bridgehead atoms. The molecule has 0 fully saturated rings. The number of halogens is 2.